The summed E-state index contributed by atoms with van der Waals surface area (Å²) in [7, 11) is 0. The molecule has 3 rings (SSSR count). The Kier molecular flexibility index (Phi) is 4.30. The van der Waals surface area contributed by atoms with Gasteiger partial charge in [0.15, 0.2) is 0 Å². The first-order chi connectivity index (χ1) is 9.78. The topological polar surface area (TPSA) is 21.3 Å². The van der Waals surface area contributed by atoms with Crippen LogP contribution in [0.5, 0.6) is 5.75 Å². The van der Waals surface area contributed by atoms with Crippen LogP contribution in [0.2, 0.25) is 0 Å². The van der Waals surface area contributed by atoms with Crippen LogP contribution in [0.1, 0.15) is 51.1 Å². The fourth-order valence-corrected chi connectivity index (χ4v) is 4.16. The zero-order chi connectivity index (χ0) is 13.9. The van der Waals surface area contributed by atoms with Crippen LogP contribution in [0.4, 0.5) is 0 Å². The molecule has 4 unspecified atom stereocenters. The summed E-state index contributed by atoms with van der Waals surface area (Å²) < 4.78 is 6.20. The molecule has 0 aliphatic heterocycles. The van der Waals surface area contributed by atoms with Gasteiger partial charge in [0.2, 0.25) is 0 Å². The first-order valence-corrected chi connectivity index (χ1v) is 8.23. The standard InChI is InChI=1S/C18H27NO/c1-3-19-13(2)17-6-4-5-7-18(17)20-12-16-11-14-8-9-15(16)10-14/h4-7,13-16,19H,3,8-12H2,1-2H3. The van der Waals surface area contributed by atoms with Gasteiger partial charge in [-0.3, -0.25) is 0 Å². The molecule has 2 fully saturated rings. The third kappa shape index (κ3) is 2.85. The van der Waals surface area contributed by atoms with Crippen molar-refractivity contribution in [2.75, 3.05) is 13.2 Å². The fraction of sp³-hybridized carbons (Fsp3) is 0.667. The van der Waals surface area contributed by atoms with Crippen LogP contribution >= 0.6 is 0 Å². The second kappa shape index (κ2) is 6.17. The third-order valence-corrected chi connectivity index (χ3v) is 5.23. The van der Waals surface area contributed by atoms with Gasteiger partial charge in [-0.05, 0) is 56.6 Å². The Bertz CT molecular complexity index is 445. The minimum absolute atomic E-state index is 0.358. The minimum Gasteiger partial charge on any atom is -0.493 e. The summed E-state index contributed by atoms with van der Waals surface area (Å²) >= 11 is 0. The largest absolute Gasteiger partial charge is 0.493 e. The number of ether oxygens (including phenoxy) is 1. The molecule has 2 aliphatic carbocycles. The molecule has 1 aromatic rings. The van der Waals surface area contributed by atoms with Crippen molar-refractivity contribution in [3.63, 3.8) is 0 Å². The van der Waals surface area contributed by atoms with Gasteiger partial charge in [-0.25, -0.2) is 0 Å². The van der Waals surface area contributed by atoms with Crippen molar-refractivity contribution in [3.8, 4) is 5.75 Å². The second-order valence-corrected chi connectivity index (χ2v) is 6.56. The minimum atomic E-state index is 0.358. The van der Waals surface area contributed by atoms with Crippen LogP contribution in [-0.2, 0) is 0 Å². The Hall–Kier alpha value is -1.02. The van der Waals surface area contributed by atoms with E-state index in [0.717, 1.165) is 36.7 Å². The molecule has 110 valence electrons. The summed E-state index contributed by atoms with van der Waals surface area (Å²) in [6.45, 7) is 6.26. The van der Waals surface area contributed by atoms with Crippen molar-refractivity contribution < 1.29 is 4.74 Å². The predicted molar refractivity (Wildman–Crippen MR) is 83.0 cm³/mol. The van der Waals surface area contributed by atoms with Crippen LogP contribution in [0.25, 0.3) is 0 Å². The van der Waals surface area contributed by atoms with Crippen LogP contribution in [0, 0.1) is 17.8 Å². The Morgan fingerprint density at radius 3 is 2.80 bits per heavy atom. The van der Waals surface area contributed by atoms with E-state index < -0.39 is 0 Å². The van der Waals surface area contributed by atoms with E-state index >= 15 is 0 Å². The average Bonchev–Trinajstić information content (AvgIpc) is 3.08. The van der Waals surface area contributed by atoms with Crippen molar-refractivity contribution in [2.45, 2.75) is 45.6 Å². The normalized spacial score (nSPS) is 29.6. The van der Waals surface area contributed by atoms with E-state index in [2.05, 4.69) is 43.4 Å². The number of nitrogens with one attached hydrogen (secondary N) is 1. The van der Waals surface area contributed by atoms with E-state index in [1.165, 1.54) is 31.2 Å². The molecule has 0 radical (unpaired) electrons. The van der Waals surface area contributed by atoms with Crippen LogP contribution in [0.15, 0.2) is 24.3 Å². The SMILES string of the molecule is CCNC(C)c1ccccc1OCC1CC2CCC1C2. The highest BCUT2D eigenvalue weighted by atomic mass is 16.5. The number of fused-ring (bicyclic) bond motifs is 2. The zero-order valence-corrected chi connectivity index (χ0v) is 12.8. The van der Waals surface area contributed by atoms with Crippen molar-refractivity contribution in [3.05, 3.63) is 29.8 Å². The fourth-order valence-electron chi connectivity index (χ4n) is 4.16. The molecule has 2 nitrogen and oxygen atoms in total. The van der Waals surface area contributed by atoms with Crippen LogP contribution < -0.4 is 10.1 Å². The van der Waals surface area contributed by atoms with Gasteiger partial charge in [0.1, 0.15) is 5.75 Å². The van der Waals surface area contributed by atoms with Gasteiger partial charge >= 0.3 is 0 Å². The molecular weight excluding hydrogens is 246 g/mol. The van der Waals surface area contributed by atoms with Gasteiger partial charge in [0.25, 0.3) is 0 Å². The molecule has 2 heteroatoms. The zero-order valence-electron chi connectivity index (χ0n) is 12.8. The Morgan fingerprint density at radius 1 is 1.25 bits per heavy atom. The van der Waals surface area contributed by atoms with Crippen molar-refractivity contribution in [1.29, 1.82) is 0 Å². The molecule has 0 spiro atoms. The van der Waals surface area contributed by atoms with E-state index in [9.17, 15) is 0 Å². The Balaban J connectivity index is 1.62. The monoisotopic (exact) mass is 273 g/mol. The van der Waals surface area contributed by atoms with Crippen molar-refractivity contribution >= 4 is 0 Å². The van der Waals surface area contributed by atoms with E-state index in [4.69, 9.17) is 4.74 Å². The summed E-state index contributed by atoms with van der Waals surface area (Å²) in [5.74, 6) is 3.82. The summed E-state index contributed by atoms with van der Waals surface area (Å²) in [6, 6.07) is 8.85. The van der Waals surface area contributed by atoms with Crippen LogP contribution in [-0.4, -0.2) is 13.2 Å². The number of para-hydroxylation sites is 1. The maximum absolute atomic E-state index is 6.20. The van der Waals surface area contributed by atoms with Gasteiger partial charge in [0.05, 0.1) is 6.61 Å². The predicted octanol–water partition coefficient (Wildman–Crippen LogP) is 4.17. The number of hydrogen-bond donors (Lipinski definition) is 1. The molecular formula is C18H27NO. The molecule has 0 aromatic heterocycles. The molecule has 4 atom stereocenters. The van der Waals surface area contributed by atoms with Gasteiger partial charge < -0.3 is 10.1 Å². The number of hydrogen-bond acceptors (Lipinski definition) is 2. The molecule has 0 heterocycles. The van der Waals surface area contributed by atoms with Crippen LogP contribution in [0.3, 0.4) is 0 Å². The molecule has 0 saturated heterocycles. The summed E-state index contributed by atoms with van der Waals surface area (Å²) in [5, 5.41) is 3.48. The smallest absolute Gasteiger partial charge is 0.124 e. The second-order valence-electron chi connectivity index (χ2n) is 6.56. The lowest BCUT2D eigenvalue weighted by molar-refractivity contribution is 0.193. The highest BCUT2D eigenvalue weighted by Gasteiger charge is 2.39. The average molecular weight is 273 g/mol. The number of rotatable bonds is 6. The first kappa shape index (κ1) is 13.9. The maximum atomic E-state index is 6.20. The van der Waals surface area contributed by atoms with Crippen molar-refractivity contribution in [1.82, 2.24) is 5.32 Å². The quantitative estimate of drug-likeness (QED) is 0.840. The van der Waals surface area contributed by atoms with Gasteiger partial charge in [-0.2, -0.15) is 0 Å². The molecule has 2 aliphatic rings. The maximum Gasteiger partial charge on any atom is 0.124 e. The third-order valence-electron chi connectivity index (χ3n) is 5.23. The van der Waals surface area contributed by atoms with Gasteiger partial charge in [0, 0.05) is 11.6 Å². The first-order valence-electron chi connectivity index (χ1n) is 8.23. The Labute approximate surface area is 122 Å². The molecule has 1 N–H and O–H groups in total. The molecule has 2 saturated carbocycles. The van der Waals surface area contributed by atoms with E-state index in [1.54, 1.807) is 0 Å². The molecule has 1 aromatic carbocycles. The van der Waals surface area contributed by atoms with Crippen molar-refractivity contribution in [2.24, 2.45) is 17.8 Å². The van der Waals surface area contributed by atoms with E-state index in [1.807, 2.05) is 0 Å². The lowest BCUT2D eigenvalue weighted by Gasteiger charge is -2.23. The van der Waals surface area contributed by atoms with Gasteiger partial charge in [-0.15, -0.1) is 0 Å². The van der Waals surface area contributed by atoms with Gasteiger partial charge in [-0.1, -0.05) is 31.5 Å². The molecule has 2 bridgehead atoms. The Morgan fingerprint density at radius 2 is 2.10 bits per heavy atom. The molecule has 0 amide bonds. The highest BCUT2D eigenvalue weighted by Crippen LogP contribution is 2.48. The van der Waals surface area contributed by atoms with E-state index in [0.29, 0.717) is 6.04 Å². The number of benzene rings is 1. The lowest BCUT2D eigenvalue weighted by Crippen LogP contribution is -2.21. The highest BCUT2D eigenvalue weighted by molar-refractivity contribution is 5.35. The summed E-state index contributed by atoms with van der Waals surface area (Å²) in [5.41, 5.74) is 1.29. The lowest BCUT2D eigenvalue weighted by atomic mass is 9.89. The molecule has 20 heavy (non-hydrogen) atoms. The summed E-state index contributed by atoms with van der Waals surface area (Å²) in [4.78, 5) is 0. The van der Waals surface area contributed by atoms with E-state index in [-0.39, 0.29) is 0 Å². The summed E-state index contributed by atoms with van der Waals surface area (Å²) in [6.07, 6.45) is 5.77.